The third-order valence-electron chi connectivity index (χ3n) is 2.21. The van der Waals surface area contributed by atoms with Gasteiger partial charge in [-0.25, -0.2) is 9.89 Å². The Labute approximate surface area is 116 Å². The molecule has 4 nitrogen and oxygen atoms in total. The number of nitrogens with one attached hydrogen (secondary N) is 1. The molecule has 0 atom stereocenters. The van der Waals surface area contributed by atoms with Crippen molar-refractivity contribution in [3.63, 3.8) is 0 Å². The monoisotopic (exact) mass is 333 g/mol. The van der Waals surface area contributed by atoms with Crippen LogP contribution >= 0.6 is 39.3 Å². The van der Waals surface area contributed by atoms with Crippen molar-refractivity contribution >= 4 is 39.3 Å². The van der Waals surface area contributed by atoms with E-state index < -0.39 is 0 Å². The van der Waals surface area contributed by atoms with E-state index in [1.54, 1.807) is 7.05 Å². The fraction of sp³-hybridized carbons (Fsp3) is 0.200. The summed E-state index contributed by atoms with van der Waals surface area (Å²) in [5.41, 5.74) is 0.796. The predicted molar refractivity (Wildman–Crippen MR) is 72.5 cm³/mol. The van der Waals surface area contributed by atoms with Gasteiger partial charge in [0.05, 0.1) is 0 Å². The van der Waals surface area contributed by atoms with E-state index in [9.17, 15) is 4.79 Å². The fourth-order valence-corrected chi connectivity index (χ4v) is 2.99. The maximum Gasteiger partial charge on any atom is 0.343 e. The molecule has 0 saturated heterocycles. The lowest BCUT2D eigenvalue weighted by Gasteiger charge is -2.03. The number of aromatic nitrogens is 3. The van der Waals surface area contributed by atoms with Crippen LogP contribution in [-0.4, -0.2) is 14.8 Å². The largest absolute Gasteiger partial charge is 0.343 e. The summed E-state index contributed by atoms with van der Waals surface area (Å²) < 4.78 is 2.42. The van der Waals surface area contributed by atoms with Crippen molar-refractivity contribution in [1.82, 2.24) is 14.8 Å². The minimum atomic E-state index is -0.214. The zero-order chi connectivity index (χ0) is 12.4. The predicted octanol–water partition coefficient (Wildman–Crippen LogP) is 2.82. The first-order valence-electron chi connectivity index (χ1n) is 4.76. The Morgan fingerprint density at radius 3 is 2.94 bits per heavy atom. The molecule has 0 unspecified atom stereocenters. The zero-order valence-corrected chi connectivity index (χ0v) is 12.1. The van der Waals surface area contributed by atoms with Gasteiger partial charge in [0.25, 0.3) is 0 Å². The lowest BCUT2D eigenvalue weighted by atomic mass is 10.2. The SMILES string of the molecule is Cn1c(SCc2ccc(Br)cc2Cl)n[nH]c1=O. The Hall–Kier alpha value is -0.720. The van der Waals surface area contributed by atoms with E-state index in [1.807, 2.05) is 18.2 Å². The molecule has 17 heavy (non-hydrogen) atoms. The van der Waals surface area contributed by atoms with E-state index in [1.165, 1.54) is 16.3 Å². The third kappa shape index (κ3) is 2.94. The third-order valence-corrected chi connectivity index (χ3v) is 4.13. The average molecular weight is 335 g/mol. The molecule has 0 bridgehead atoms. The summed E-state index contributed by atoms with van der Waals surface area (Å²) in [5, 5.41) is 7.66. The lowest BCUT2D eigenvalue weighted by molar-refractivity contribution is 0.766. The number of hydrogen-bond acceptors (Lipinski definition) is 3. The molecule has 0 spiro atoms. The van der Waals surface area contributed by atoms with Gasteiger partial charge >= 0.3 is 5.69 Å². The van der Waals surface area contributed by atoms with E-state index in [0.717, 1.165) is 10.0 Å². The normalized spacial score (nSPS) is 10.8. The van der Waals surface area contributed by atoms with Gasteiger partial charge in [0, 0.05) is 22.3 Å². The Morgan fingerprint density at radius 1 is 1.59 bits per heavy atom. The second-order valence-corrected chi connectivity index (χ2v) is 5.66. The quantitative estimate of drug-likeness (QED) is 0.878. The van der Waals surface area contributed by atoms with Crippen LogP contribution in [0.25, 0.3) is 0 Å². The number of aromatic amines is 1. The van der Waals surface area contributed by atoms with E-state index in [4.69, 9.17) is 11.6 Å². The van der Waals surface area contributed by atoms with Crippen LogP contribution < -0.4 is 5.69 Å². The summed E-state index contributed by atoms with van der Waals surface area (Å²) in [6.07, 6.45) is 0. The van der Waals surface area contributed by atoms with Crippen molar-refractivity contribution in [2.24, 2.45) is 7.05 Å². The van der Waals surface area contributed by atoms with Crippen LogP contribution in [0, 0.1) is 0 Å². The first-order valence-corrected chi connectivity index (χ1v) is 6.91. The highest BCUT2D eigenvalue weighted by Gasteiger charge is 2.07. The Morgan fingerprint density at radius 2 is 2.35 bits per heavy atom. The van der Waals surface area contributed by atoms with Gasteiger partial charge in [-0.05, 0) is 17.7 Å². The summed E-state index contributed by atoms with van der Waals surface area (Å²) in [5.74, 6) is 0.671. The molecular formula is C10H9BrClN3OS. The highest BCUT2D eigenvalue weighted by Crippen LogP contribution is 2.27. The molecule has 0 fully saturated rings. The summed E-state index contributed by atoms with van der Waals surface area (Å²) in [7, 11) is 1.68. The summed E-state index contributed by atoms with van der Waals surface area (Å²) in [6, 6.07) is 5.73. The zero-order valence-electron chi connectivity index (χ0n) is 8.91. The topological polar surface area (TPSA) is 50.7 Å². The summed E-state index contributed by atoms with van der Waals surface area (Å²) >= 11 is 10.9. The van der Waals surface area contributed by atoms with E-state index in [-0.39, 0.29) is 5.69 Å². The standard InChI is InChI=1S/C10H9BrClN3OS/c1-15-9(16)13-14-10(15)17-5-6-2-3-7(11)4-8(6)12/h2-4H,5H2,1H3,(H,13,16). The Balaban J connectivity index is 2.12. The molecule has 1 N–H and O–H groups in total. The second-order valence-electron chi connectivity index (χ2n) is 3.39. The molecule has 0 aliphatic rings. The van der Waals surface area contributed by atoms with Gasteiger partial charge in [0.1, 0.15) is 0 Å². The summed E-state index contributed by atoms with van der Waals surface area (Å²) in [6.45, 7) is 0. The maximum atomic E-state index is 11.2. The number of halogens is 2. The molecule has 90 valence electrons. The summed E-state index contributed by atoms with van der Waals surface area (Å²) in [4.78, 5) is 11.2. The number of H-pyrrole nitrogens is 1. The molecule has 1 aromatic carbocycles. The van der Waals surface area contributed by atoms with Gasteiger partial charge in [-0.15, -0.1) is 5.10 Å². The van der Waals surface area contributed by atoms with Crippen molar-refractivity contribution in [3.8, 4) is 0 Å². The van der Waals surface area contributed by atoms with Crippen LogP contribution in [-0.2, 0) is 12.8 Å². The molecule has 0 amide bonds. The minimum absolute atomic E-state index is 0.214. The van der Waals surface area contributed by atoms with Crippen molar-refractivity contribution in [1.29, 1.82) is 0 Å². The molecule has 0 aliphatic carbocycles. The van der Waals surface area contributed by atoms with E-state index >= 15 is 0 Å². The molecule has 0 saturated carbocycles. The highest BCUT2D eigenvalue weighted by molar-refractivity contribution is 9.10. The first-order chi connectivity index (χ1) is 8.08. The van der Waals surface area contributed by atoms with Gasteiger partial charge in [0.15, 0.2) is 5.16 Å². The number of nitrogens with zero attached hydrogens (tertiary/aromatic N) is 2. The number of thioether (sulfide) groups is 1. The molecule has 2 rings (SSSR count). The number of rotatable bonds is 3. The highest BCUT2D eigenvalue weighted by atomic mass is 79.9. The van der Waals surface area contributed by atoms with Crippen LogP contribution in [0.4, 0.5) is 0 Å². The molecule has 1 aromatic heterocycles. The fourth-order valence-electron chi connectivity index (χ4n) is 1.24. The van der Waals surface area contributed by atoms with Crippen molar-refractivity contribution in [3.05, 3.63) is 43.7 Å². The molecule has 2 aromatic rings. The van der Waals surface area contributed by atoms with Crippen molar-refractivity contribution in [2.45, 2.75) is 10.9 Å². The lowest BCUT2D eigenvalue weighted by Crippen LogP contribution is -2.12. The van der Waals surface area contributed by atoms with E-state index in [2.05, 4.69) is 26.1 Å². The number of hydrogen-bond donors (Lipinski definition) is 1. The molecule has 0 radical (unpaired) electrons. The van der Waals surface area contributed by atoms with Crippen LogP contribution in [0.1, 0.15) is 5.56 Å². The van der Waals surface area contributed by atoms with Gasteiger partial charge < -0.3 is 0 Å². The Bertz CT molecular complexity index is 595. The van der Waals surface area contributed by atoms with Crippen LogP contribution in [0.5, 0.6) is 0 Å². The second kappa shape index (κ2) is 5.29. The van der Waals surface area contributed by atoms with Gasteiger partial charge in [-0.1, -0.05) is 45.4 Å². The smallest absolute Gasteiger partial charge is 0.273 e. The van der Waals surface area contributed by atoms with Gasteiger partial charge in [0.2, 0.25) is 0 Å². The molecule has 0 aliphatic heterocycles. The first kappa shape index (κ1) is 12.7. The van der Waals surface area contributed by atoms with Crippen LogP contribution in [0.2, 0.25) is 5.02 Å². The Kier molecular flexibility index (Phi) is 3.96. The molecule has 7 heteroatoms. The van der Waals surface area contributed by atoms with Crippen molar-refractivity contribution in [2.75, 3.05) is 0 Å². The number of benzene rings is 1. The molecular weight excluding hydrogens is 326 g/mol. The van der Waals surface area contributed by atoms with Crippen molar-refractivity contribution < 1.29 is 0 Å². The van der Waals surface area contributed by atoms with Crippen LogP contribution in [0.3, 0.4) is 0 Å². The van der Waals surface area contributed by atoms with Gasteiger partial charge in [-0.2, -0.15) is 0 Å². The van der Waals surface area contributed by atoms with E-state index in [0.29, 0.717) is 15.9 Å². The molecule has 1 heterocycles. The minimum Gasteiger partial charge on any atom is -0.273 e. The average Bonchev–Trinajstić information content (AvgIpc) is 2.59. The van der Waals surface area contributed by atoms with Crippen LogP contribution in [0.15, 0.2) is 32.6 Å². The maximum absolute atomic E-state index is 11.2. The van der Waals surface area contributed by atoms with Gasteiger partial charge in [-0.3, -0.25) is 4.57 Å².